The number of carbonyl (C=O) groups excluding carboxylic acids is 2. The third-order valence-corrected chi connectivity index (χ3v) is 3.66. The number of hydrogen-bond donors (Lipinski definition) is 2. The highest BCUT2D eigenvalue weighted by atomic mass is 19.1. The Bertz CT molecular complexity index is 757. The van der Waals surface area contributed by atoms with Crippen molar-refractivity contribution < 1.29 is 14.0 Å². The van der Waals surface area contributed by atoms with Gasteiger partial charge in [0.05, 0.1) is 5.56 Å². The summed E-state index contributed by atoms with van der Waals surface area (Å²) in [6, 6.07) is 9.54. The summed E-state index contributed by atoms with van der Waals surface area (Å²) in [7, 11) is 1.53. The van der Waals surface area contributed by atoms with Crippen molar-refractivity contribution in [1.29, 1.82) is 0 Å². The van der Waals surface area contributed by atoms with Crippen molar-refractivity contribution in [1.82, 2.24) is 5.32 Å². The summed E-state index contributed by atoms with van der Waals surface area (Å²) < 4.78 is 14.0. The normalized spacial score (nSPS) is 10.3. The Morgan fingerprint density at radius 3 is 2.43 bits per heavy atom. The summed E-state index contributed by atoms with van der Waals surface area (Å²) in [5, 5.41) is 5.19. The molecule has 2 rings (SSSR count). The standard InChI is InChI=1S/C18H19FN2O2/c1-4-12-6-8-14(15(19)9-12)18(23)21-16-10-13(17(22)20-3)7-5-11(16)2/h5-10H,4H2,1-3H3,(H,20,22)(H,21,23). The lowest BCUT2D eigenvalue weighted by atomic mass is 10.1. The Morgan fingerprint density at radius 2 is 1.83 bits per heavy atom. The minimum atomic E-state index is -0.554. The number of amides is 2. The molecule has 23 heavy (non-hydrogen) atoms. The average molecular weight is 314 g/mol. The van der Waals surface area contributed by atoms with Crippen LogP contribution < -0.4 is 10.6 Å². The van der Waals surface area contributed by atoms with Crippen molar-refractivity contribution in [2.24, 2.45) is 0 Å². The summed E-state index contributed by atoms with van der Waals surface area (Å²) in [5.41, 5.74) is 2.51. The smallest absolute Gasteiger partial charge is 0.258 e. The first-order valence-electron chi connectivity index (χ1n) is 7.38. The van der Waals surface area contributed by atoms with Crippen LogP contribution in [0.3, 0.4) is 0 Å². The van der Waals surface area contributed by atoms with E-state index in [9.17, 15) is 14.0 Å². The zero-order valence-electron chi connectivity index (χ0n) is 13.4. The molecule has 0 aromatic heterocycles. The van der Waals surface area contributed by atoms with Gasteiger partial charge in [-0.1, -0.05) is 19.1 Å². The Morgan fingerprint density at radius 1 is 1.09 bits per heavy atom. The van der Waals surface area contributed by atoms with Gasteiger partial charge in [0.1, 0.15) is 5.82 Å². The highest BCUT2D eigenvalue weighted by Gasteiger charge is 2.14. The van der Waals surface area contributed by atoms with Gasteiger partial charge in [-0.15, -0.1) is 0 Å². The molecule has 2 N–H and O–H groups in total. The Labute approximate surface area is 134 Å². The average Bonchev–Trinajstić information content (AvgIpc) is 2.55. The molecule has 2 aromatic carbocycles. The SMILES string of the molecule is CCc1ccc(C(=O)Nc2cc(C(=O)NC)ccc2C)c(F)c1. The number of nitrogens with one attached hydrogen (secondary N) is 2. The fraction of sp³-hybridized carbons (Fsp3) is 0.222. The molecule has 120 valence electrons. The van der Waals surface area contributed by atoms with Gasteiger partial charge in [-0.3, -0.25) is 9.59 Å². The van der Waals surface area contributed by atoms with Crippen molar-refractivity contribution in [3.8, 4) is 0 Å². The van der Waals surface area contributed by atoms with Gasteiger partial charge in [0.25, 0.3) is 11.8 Å². The van der Waals surface area contributed by atoms with E-state index in [4.69, 9.17) is 0 Å². The Hall–Kier alpha value is -2.69. The van der Waals surface area contributed by atoms with Crippen LogP contribution in [0.1, 0.15) is 38.8 Å². The number of hydrogen-bond acceptors (Lipinski definition) is 2. The number of benzene rings is 2. The second-order valence-electron chi connectivity index (χ2n) is 5.23. The highest BCUT2D eigenvalue weighted by Crippen LogP contribution is 2.19. The first-order chi connectivity index (χ1) is 11.0. The lowest BCUT2D eigenvalue weighted by Gasteiger charge is -2.11. The summed E-state index contributed by atoms with van der Waals surface area (Å²) >= 11 is 0. The Balaban J connectivity index is 2.28. The molecule has 0 aliphatic rings. The monoisotopic (exact) mass is 314 g/mol. The van der Waals surface area contributed by atoms with Crippen LogP contribution in [0.4, 0.5) is 10.1 Å². The highest BCUT2D eigenvalue weighted by molar-refractivity contribution is 6.05. The van der Waals surface area contributed by atoms with Crippen LogP contribution in [0.2, 0.25) is 0 Å². The minimum Gasteiger partial charge on any atom is -0.355 e. The van der Waals surface area contributed by atoms with Gasteiger partial charge >= 0.3 is 0 Å². The molecule has 0 saturated heterocycles. The molecule has 0 bridgehead atoms. The van der Waals surface area contributed by atoms with Crippen molar-refractivity contribution in [3.05, 3.63) is 64.5 Å². The molecule has 0 spiro atoms. The molecule has 4 nitrogen and oxygen atoms in total. The van der Waals surface area contributed by atoms with E-state index in [2.05, 4.69) is 10.6 Å². The number of carbonyl (C=O) groups is 2. The predicted octanol–water partition coefficient (Wildman–Crippen LogP) is 3.31. The van der Waals surface area contributed by atoms with Crippen LogP contribution in [-0.4, -0.2) is 18.9 Å². The quantitative estimate of drug-likeness (QED) is 0.909. The molecule has 0 aliphatic heterocycles. The maximum absolute atomic E-state index is 14.0. The fourth-order valence-electron chi connectivity index (χ4n) is 2.19. The first-order valence-corrected chi connectivity index (χ1v) is 7.38. The molecule has 0 saturated carbocycles. The van der Waals surface area contributed by atoms with Gasteiger partial charge in [0.2, 0.25) is 0 Å². The topological polar surface area (TPSA) is 58.2 Å². The molecule has 0 aliphatic carbocycles. The van der Waals surface area contributed by atoms with E-state index in [1.807, 2.05) is 6.92 Å². The summed E-state index contributed by atoms with van der Waals surface area (Å²) in [6.07, 6.45) is 0.700. The van der Waals surface area contributed by atoms with Crippen LogP contribution in [0.15, 0.2) is 36.4 Å². The predicted molar refractivity (Wildman–Crippen MR) is 88.3 cm³/mol. The van der Waals surface area contributed by atoms with Crippen molar-refractivity contribution in [2.45, 2.75) is 20.3 Å². The van der Waals surface area contributed by atoms with Crippen LogP contribution in [0, 0.1) is 12.7 Å². The van der Waals surface area contributed by atoms with Gasteiger partial charge in [-0.25, -0.2) is 4.39 Å². The van der Waals surface area contributed by atoms with Crippen LogP contribution in [-0.2, 0) is 6.42 Å². The van der Waals surface area contributed by atoms with Gasteiger partial charge in [0, 0.05) is 18.3 Å². The van der Waals surface area contributed by atoms with Gasteiger partial charge in [-0.05, 0) is 48.7 Å². The van der Waals surface area contributed by atoms with E-state index in [1.54, 1.807) is 31.2 Å². The number of rotatable bonds is 4. The molecule has 0 heterocycles. The van der Waals surface area contributed by atoms with E-state index < -0.39 is 11.7 Å². The second-order valence-corrected chi connectivity index (χ2v) is 5.23. The Kier molecular flexibility index (Phi) is 5.11. The number of anilines is 1. The first kappa shape index (κ1) is 16.7. The van der Waals surface area contributed by atoms with Crippen molar-refractivity contribution >= 4 is 17.5 Å². The van der Waals surface area contributed by atoms with E-state index in [0.717, 1.165) is 11.1 Å². The second kappa shape index (κ2) is 7.05. The molecule has 0 fully saturated rings. The third kappa shape index (κ3) is 3.74. The summed E-state index contributed by atoms with van der Waals surface area (Å²) in [5.74, 6) is -1.34. The molecule has 2 amide bonds. The van der Waals surface area contributed by atoms with Crippen LogP contribution >= 0.6 is 0 Å². The fourth-order valence-corrected chi connectivity index (χ4v) is 2.19. The molecule has 5 heteroatoms. The van der Waals surface area contributed by atoms with Gasteiger partial charge in [0.15, 0.2) is 0 Å². The number of aryl methyl sites for hydroxylation is 2. The molecule has 0 atom stereocenters. The zero-order valence-corrected chi connectivity index (χ0v) is 13.4. The third-order valence-electron chi connectivity index (χ3n) is 3.66. The lowest BCUT2D eigenvalue weighted by Crippen LogP contribution is -2.19. The summed E-state index contributed by atoms with van der Waals surface area (Å²) in [6.45, 7) is 3.72. The van der Waals surface area contributed by atoms with Gasteiger partial charge < -0.3 is 10.6 Å². The molecule has 0 radical (unpaired) electrons. The molecule has 0 unspecified atom stereocenters. The maximum Gasteiger partial charge on any atom is 0.258 e. The molecular formula is C18H19FN2O2. The number of halogens is 1. The maximum atomic E-state index is 14.0. The van der Waals surface area contributed by atoms with Crippen molar-refractivity contribution in [2.75, 3.05) is 12.4 Å². The summed E-state index contributed by atoms with van der Waals surface area (Å²) in [4.78, 5) is 24.0. The zero-order chi connectivity index (χ0) is 17.0. The van der Waals surface area contributed by atoms with E-state index in [-0.39, 0.29) is 11.5 Å². The molecular weight excluding hydrogens is 295 g/mol. The van der Waals surface area contributed by atoms with E-state index in [1.165, 1.54) is 19.2 Å². The van der Waals surface area contributed by atoms with Crippen LogP contribution in [0.5, 0.6) is 0 Å². The van der Waals surface area contributed by atoms with Crippen molar-refractivity contribution in [3.63, 3.8) is 0 Å². The largest absolute Gasteiger partial charge is 0.355 e. The lowest BCUT2D eigenvalue weighted by molar-refractivity contribution is 0.0961. The van der Waals surface area contributed by atoms with Gasteiger partial charge in [-0.2, -0.15) is 0 Å². The van der Waals surface area contributed by atoms with E-state index in [0.29, 0.717) is 17.7 Å². The van der Waals surface area contributed by atoms with E-state index >= 15 is 0 Å². The molecule has 2 aromatic rings. The minimum absolute atomic E-state index is 0.0213. The van der Waals surface area contributed by atoms with Crippen LogP contribution in [0.25, 0.3) is 0 Å².